The summed E-state index contributed by atoms with van der Waals surface area (Å²) in [5.74, 6) is 0.859. The number of unbranched alkanes of at least 4 members (excludes halogenated alkanes) is 1. The smallest absolute Gasteiger partial charge is 0.197 e. The SMILES string of the molecule is CCCCc1oc2cc(OCCc3ccccc3)ccc2c1C(=O)c1cc(N)c(O)c(N)c1. The largest absolute Gasteiger partial charge is 0.504 e. The maximum atomic E-state index is 13.5. The van der Waals surface area contributed by atoms with E-state index < -0.39 is 0 Å². The van der Waals surface area contributed by atoms with Crippen LogP contribution in [-0.4, -0.2) is 17.5 Å². The molecule has 0 spiro atoms. The third-order valence-corrected chi connectivity index (χ3v) is 5.65. The molecule has 0 unspecified atom stereocenters. The maximum absolute atomic E-state index is 13.5. The Labute approximate surface area is 192 Å². The standard InChI is InChI=1S/C27H28N2O4/c1-2-3-9-23-25(26(30)18-14-21(28)27(31)22(29)15-18)20-11-10-19(16-24(20)33-23)32-13-12-17-7-5-4-6-8-17/h4-8,10-11,14-16,31H,2-3,9,12-13,28-29H2,1H3. The van der Waals surface area contributed by atoms with Crippen molar-refractivity contribution in [2.75, 3.05) is 18.1 Å². The zero-order valence-corrected chi connectivity index (χ0v) is 18.6. The summed E-state index contributed by atoms with van der Waals surface area (Å²) in [6, 6.07) is 18.6. The fourth-order valence-electron chi connectivity index (χ4n) is 3.87. The molecule has 0 bridgehead atoms. The molecule has 0 aliphatic carbocycles. The molecule has 1 heterocycles. The van der Waals surface area contributed by atoms with Crippen LogP contribution in [0.4, 0.5) is 11.4 Å². The summed E-state index contributed by atoms with van der Waals surface area (Å²) < 4.78 is 12.1. The van der Waals surface area contributed by atoms with Crippen LogP contribution < -0.4 is 16.2 Å². The summed E-state index contributed by atoms with van der Waals surface area (Å²) in [5, 5.41) is 10.6. The van der Waals surface area contributed by atoms with Gasteiger partial charge in [0.25, 0.3) is 0 Å². The van der Waals surface area contributed by atoms with Gasteiger partial charge in [-0.3, -0.25) is 4.79 Å². The van der Waals surface area contributed by atoms with Gasteiger partial charge in [0, 0.05) is 29.9 Å². The lowest BCUT2D eigenvalue weighted by atomic mass is 9.97. The second-order valence-electron chi connectivity index (χ2n) is 8.08. The topological polar surface area (TPSA) is 112 Å². The molecule has 170 valence electrons. The van der Waals surface area contributed by atoms with Gasteiger partial charge < -0.3 is 25.7 Å². The summed E-state index contributed by atoms with van der Waals surface area (Å²) in [6.45, 7) is 2.63. The minimum absolute atomic E-state index is 0.0651. The average Bonchev–Trinajstić information content (AvgIpc) is 3.18. The van der Waals surface area contributed by atoms with Crippen molar-refractivity contribution < 1.29 is 19.1 Å². The van der Waals surface area contributed by atoms with Crippen molar-refractivity contribution in [1.29, 1.82) is 0 Å². The predicted octanol–water partition coefficient (Wildman–Crippen LogP) is 5.50. The van der Waals surface area contributed by atoms with Crippen molar-refractivity contribution in [3.63, 3.8) is 0 Å². The van der Waals surface area contributed by atoms with Crippen molar-refractivity contribution in [3.8, 4) is 11.5 Å². The normalized spacial score (nSPS) is 11.1. The highest BCUT2D eigenvalue weighted by Gasteiger charge is 2.23. The predicted molar refractivity (Wildman–Crippen MR) is 131 cm³/mol. The summed E-state index contributed by atoms with van der Waals surface area (Å²) in [5.41, 5.74) is 14.4. The van der Waals surface area contributed by atoms with Crippen LogP contribution in [0, 0.1) is 0 Å². The maximum Gasteiger partial charge on any atom is 0.197 e. The van der Waals surface area contributed by atoms with E-state index in [1.807, 2.05) is 36.4 Å². The van der Waals surface area contributed by atoms with Gasteiger partial charge in [0.15, 0.2) is 11.5 Å². The highest BCUT2D eigenvalue weighted by molar-refractivity contribution is 6.17. The molecule has 0 radical (unpaired) electrons. The van der Waals surface area contributed by atoms with Crippen molar-refractivity contribution in [3.05, 3.63) is 83.1 Å². The molecule has 6 nitrogen and oxygen atoms in total. The number of ether oxygens (including phenoxy) is 1. The summed E-state index contributed by atoms with van der Waals surface area (Å²) in [6.07, 6.45) is 3.30. The van der Waals surface area contributed by atoms with E-state index in [1.54, 1.807) is 0 Å². The van der Waals surface area contributed by atoms with E-state index in [-0.39, 0.29) is 22.9 Å². The number of rotatable bonds is 9. The zero-order valence-electron chi connectivity index (χ0n) is 18.6. The van der Waals surface area contributed by atoms with Gasteiger partial charge in [-0.15, -0.1) is 0 Å². The highest BCUT2D eigenvalue weighted by atomic mass is 16.5. The number of benzene rings is 3. The van der Waals surface area contributed by atoms with Gasteiger partial charge in [-0.2, -0.15) is 0 Å². The molecule has 0 fully saturated rings. The molecule has 0 aliphatic heterocycles. The highest BCUT2D eigenvalue weighted by Crippen LogP contribution is 2.35. The first kappa shape index (κ1) is 22.3. The number of phenols is 1. The lowest BCUT2D eigenvalue weighted by Crippen LogP contribution is -2.06. The van der Waals surface area contributed by atoms with E-state index in [4.69, 9.17) is 20.6 Å². The van der Waals surface area contributed by atoms with Gasteiger partial charge in [0.05, 0.1) is 23.5 Å². The van der Waals surface area contributed by atoms with E-state index in [0.29, 0.717) is 46.6 Å². The van der Waals surface area contributed by atoms with Crippen LogP contribution in [0.5, 0.6) is 11.5 Å². The third kappa shape index (κ3) is 4.80. The average molecular weight is 445 g/mol. The first-order valence-electron chi connectivity index (χ1n) is 11.1. The van der Waals surface area contributed by atoms with Crippen LogP contribution >= 0.6 is 0 Å². The molecule has 33 heavy (non-hydrogen) atoms. The Morgan fingerprint density at radius 3 is 2.42 bits per heavy atom. The number of nitrogens with two attached hydrogens (primary N) is 2. The first-order chi connectivity index (χ1) is 16.0. The number of anilines is 2. The molecule has 0 atom stereocenters. The van der Waals surface area contributed by atoms with Crippen LogP contribution in [-0.2, 0) is 12.8 Å². The Bertz CT molecular complexity index is 1260. The number of nitrogen functional groups attached to an aromatic ring is 2. The number of carbonyl (C=O) groups excluding carboxylic acids is 1. The summed E-state index contributed by atoms with van der Waals surface area (Å²) in [4.78, 5) is 13.5. The monoisotopic (exact) mass is 444 g/mol. The number of aromatic hydroxyl groups is 1. The Morgan fingerprint density at radius 1 is 1.00 bits per heavy atom. The van der Waals surface area contributed by atoms with Gasteiger partial charge in [0.1, 0.15) is 17.1 Å². The third-order valence-electron chi connectivity index (χ3n) is 5.65. The fraction of sp³-hybridized carbons (Fsp3) is 0.222. The molecule has 0 saturated heterocycles. The first-order valence-corrected chi connectivity index (χ1v) is 11.1. The molecule has 6 heteroatoms. The number of ketones is 1. The number of phenolic OH excluding ortho intramolecular Hbond substituents is 1. The fourth-order valence-corrected chi connectivity index (χ4v) is 3.87. The Hall–Kier alpha value is -3.93. The number of carbonyl (C=O) groups is 1. The van der Waals surface area contributed by atoms with E-state index in [0.717, 1.165) is 19.3 Å². The van der Waals surface area contributed by atoms with Crippen LogP contribution in [0.15, 0.2) is 65.1 Å². The lowest BCUT2D eigenvalue weighted by molar-refractivity contribution is 0.103. The molecule has 0 saturated carbocycles. The van der Waals surface area contributed by atoms with Gasteiger partial charge in [0.2, 0.25) is 0 Å². The van der Waals surface area contributed by atoms with Crippen molar-refractivity contribution >= 4 is 28.1 Å². The molecule has 4 aromatic rings. The second kappa shape index (κ2) is 9.69. The second-order valence-corrected chi connectivity index (χ2v) is 8.08. The number of fused-ring (bicyclic) bond motifs is 1. The molecule has 1 aromatic heterocycles. The Morgan fingerprint density at radius 2 is 1.73 bits per heavy atom. The van der Waals surface area contributed by atoms with Crippen LogP contribution in [0.25, 0.3) is 11.0 Å². The zero-order chi connectivity index (χ0) is 23.4. The quantitative estimate of drug-likeness (QED) is 0.179. The molecule has 4 rings (SSSR count). The molecule has 0 amide bonds. The minimum Gasteiger partial charge on any atom is -0.504 e. The van der Waals surface area contributed by atoms with Crippen LogP contribution in [0.1, 0.15) is 47.0 Å². The Balaban J connectivity index is 1.64. The van der Waals surface area contributed by atoms with E-state index in [1.165, 1.54) is 17.7 Å². The van der Waals surface area contributed by atoms with Gasteiger partial charge in [-0.25, -0.2) is 0 Å². The molecule has 3 aromatic carbocycles. The summed E-state index contributed by atoms with van der Waals surface area (Å²) >= 11 is 0. The van der Waals surface area contributed by atoms with Gasteiger partial charge in [-0.1, -0.05) is 43.7 Å². The number of hydrogen-bond acceptors (Lipinski definition) is 6. The van der Waals surface area contributed by atoms with Crippen LogP contribution in [0.3, 0.4) is 0 Å². The van der Waals surface area contributed by atoms with Crippen molar-refractivity contribution in [1.82, 2.24) is 0 Å². The number of aryl methyl sites for hydroxylation is 1. The van der Waals surface area contributed by atoms with Crippen molar-refractivity contribution in [2.24, 2.45) is 0 Å². The molecule has 5 N–H and O–H groups in total. The van der Waals surface area contributed by atoms with E-state index in [2.05, 4.69) is 19.1 Å². The van der Waals surface area contributed by atoms with Gasteiger partial charge in [-0.05, 0) is 36.2 Å². The molecular weight excluding hydrogens is 416 g/mol. The van der Waals surface area contributed by atoms with E-state index >= 15 is 0 Å². The van der Waals surface area contributed by atoms with Gasteiger partial charge >= 0.3 is 0 Å². The van der Waals surface area contributed by atoms with Crippen LogP contribution in [0.2, 0.25) is 0 Å². The Kier molecular flexibility index (Phi) is 6.54. The molecular formula is C27H28N2O4. The number of furan rings is 1. The molecule has 0 aliphatic rings. The lowest BCUT2D eigenvalue weighted by Gasteiger charge is -2.08. The summed E-state index contributed by atoms with van der Waals surface area (Å²) in [7, 11) is 0. The van der Waals surface area contributed by atoms with E-state index in [9.17, 15) is 9.90 Å². The van der Waals surface area contributed by atoms with Crippen molar-refractivity contribution in [2.45, 2.75) is 32.6 Å². The number of hydrogen-bond donors (Lipinski definition) is 3. The minimum atomic E-state index is -0.240.